The second-order valence-corrected chi connectivity index (χ2v) is 10.7. The molecule has 0 aromatic heterocycles. The van der Waals surface area contributed by atoms with Crippen molar-refractivity contribution >= 4 is 26.8 Å². The van der Waals surface area contributed by atoms with E-state index in [1.165, 1.54) is 17.9 Å². The first-order valence-corrected chi connectivity index (χ1v) is 13.3. The molecule has 1 aliphatic carbocycles. The van der Waals surface area contributed by atoms with Gasteiger partial charge in [-0.15, -0.1) is 4.83 Å². The highest BCUT2D eigenvalue weighted by Gasteiger charge is 2.27. The first-order valence-electron chi connectivity index (χ1n) is 11.8. The predicted octanol–water partition coefficient (Wildman–Crippen LogP) is 3.77. The number of carbonyl (C=O) groups excluding carboxylic acids is 1. The van der Waals surface area contributed by atoms with E-state index in [9.17, 15) is 13.2 Å². The van der Waals surface area contributed by atoms with Crippen molar-refractivity contribution in [1.29, 1.82) is 0 Å². The average Bonchev–Trinajstić information content (AvgIpc) is 3.07. The number of amides is 2. The number of nitrogens with one attached hydrogen (secondary N) is 3. The summed E-state index contributed by atoms with van der Waals surface area (Å²) in [5.74, 6) is 0.260. The van der Waals surface area contributed by atoms with Crippen molar-refractivity contribution in [2.45, 2.75) is 62.3 Å². The summed E-state index contributed by atoms with van der Waals surface area (Å²) in [4.78, 5) is 16.0. The summed E-state index contributed by atoms with van der Waals surface area (Å²) < 4.78 is 26.5. The lowest BCUT2D eigenvalue weighted by Crippen LogP contribution is -2.54. The summed E-state index contributed by atoms with van der Waals surface area (Å²) in [5, 5.41) is 9.54. The topological polar surface area (TPSA) is 90.5 Å². The second kappa shape index (κ2) is 10.6. The van der Waals surface area contributed by atoms with Gasteiger partial charge in [-0.3, -0.25) is 0 Å². The zero-order chi connectivity index (χ0) is 22.4. The van der Waals surface area contributed by atoms with E-state index < -0.39 is 10.0 Å². The minimum Gasteiger partial charge on any atom is -0.334 e. The molecule has 1 saturated heterocycles. The molecule has 2 amide bonds. The predicted molar refractivity (Wildman–Crippen MR) is 127 cm³/mol. The molecule has 0 unspecified atom stereocenters. The van der Waals surface area contributed by atoms with Crippen molar-refractivity contribution in [2.24, 2.45) is 5.92 Å². The number of rotatable bonds is 6. The molecule has 1 saturated carbocycles. The summed E-state index contributed by atoms with van der Waals surface area (Å²) in [6.07, 6.45) is 8.33. The van der Waals surface area contributed by atoms with Crippen LogP contribution in [0.1, 0.15) is 51.4 Å². The monoisotopic (exact) mass is 458 g/mol. The number of fused-ring (bicyclic) bond motifs is 1. The van der Waals surface area contributed by atoms with Gasteiger partial charge in [0.25, 0.3) is 10.0 Å². The van der Waals surface area contributed by atoms with E-state index in [4.69, 9.17) is 0 Å². The van der Waals surface area contributed by atoms with Crippen molar-refractivity contribution in [3.63, 3.8) is 0 Å². The molecular formula is C24H34N4O3S. The molecule has 3 N–H and O–H groups in total. The van der Waals surface area contributed by atoms with Crippen molar-refractivity contribution in [1.82, 2.24) is 20.5 Å². The van der Waals surface area contributed by atoms with E-state index in [0.717, 1.165) is 62.4 Å². The van der Waals surface area contributed by atoms with E-state index >= 15 is 0 Å². The molecule has 2 fully saturated rings. The van der Waals surface area contributed by atoms with Crippen LogP contribution < -0.4 is 15.5 Å². The maximum atomic E-state index is 13.2. The third-order valence-corrected chi connectivity index (χ3v) is 7.92. The number of hydrogen-bond donors (Lipinski definition) is 3. The van der Waals surface area contributed by atoms with E-state index in [-0.39, 0.29) is 22.9 Å². The van der Waals surface area contributed by atoms with Gasteiger partial charge in [0.2, 0.25) is 0 Å². The SMILES string of the molecule is O=C(NC1CCCCCC1)N(CC1CCNCC1)NS(=O)(=O)c1ccc2ccccc2c1. The molecule has 32 heavy (non-hydrogen) atoms. The van der Waals surface area contributed by atoms with Crippen LogP contribution in [0.5, 0.6) is 0 Å². The molecule has 8 heteroatoms. The Bertz CT molecular complexity index is 1010. The Kier molecular flexibility index (Phi) is 7.65. The van der Waals surface area contributed by atoms with Gasteiger partial charge in [0, 0.05) is 12.6 Å². The van der Waals surface area contributed by atoms with E-state index in [1.54, 1.807) is 18.2 Å². The lowest BCUT2D eigenvalue weighted by atomic mass is 9.98. The zero-order valence-corrected chi connectivity index (χ0v) is 19.4. The van der Waals surface area contributed by atoms with Crippen LogP contribution >= 0.6 is 0 Å². The Balaban J connectivity index is 1.52. The normalized spacial score (nSPS) is 18.9. The second-order valence-electron chi connectivity index (χ2n) is 9.05. The van der Waals surface area contributed by atoms with Crippen molar-refractivity contribution in [3.8, 4) is 0 Å². The van der Waals surface area contributed by atoms with Gasteiger partial charge < -0.3 is 10.6 Å². The number of sulfonamides is 1. The quantitative estimate of drug-likeness (QED) is 0.454. The Morgan fingerprint density at radius 2 is 1.62 bits per heavy atom. The largest absolute Gasteiger partial charge is 0.334 e. The molecule has 1 heterocycles. The minimum atomic E-state index is -3.90. The smallest absolute Gasteiger partial charge is 0.332 e. The van der Waals surface area contributed by atoms with Gasteiger partial charge in [0.1, 0.15) is 0 Å². The maximum absolute atomic E-state index is 13.2. The lowest BCUT2D eigenvalue weighted by molar-refractivity contribution is 0.164. The molecule has 2 aromatic carbocycles. The third kappa shape index (κ3) is 5.99. The van der Waals surface area contributed by atoms with E-state index in [1.807, 2.05) is 24.3 Å². The van der Waals surface area contributed by atoms with Crippen LogP contribution in [-0.4, -0.2) is 45.1 Å². The van der Waals surface area contributed by atoms with Gasteiger partial charge in [0.15, 0.2) is 0 Å². The Morgan fingerprint density at radius 3 is 2.34 bits per heavy atom. The molecule has 0 spiro atoms. The first-order chi connectivity index (χ1) is 15.5. The number of urea groups is 1. The first kappa shape index (κ1) is 23.0. The van der Waals surface area contributed by atoms with Gasteiger partial charge in [-0.05, 0) is 67.6 Å². The van der Waals surface area contributed by atoms with Gasteiger partial charge in [0.05, 0.1) is 4.90 Å². The van der Waals surface area contributed by atoms with Gasteiger partial charge >= 0.3 is 6.03 Å². The highest BCUT2D eigenvalue weighted by atomic mass is 32.2. The molecule has 2 aliphatic rings. The molecule has 1 aliphatic heterocycles. The maximum Gasteiger partial charge on any atom is 0.332 e. The number of nitrogens with zero attached hydrogens (tertiary/aromatic N) is 1. The standard InChI is InChI=1S/C24H34N4O3S/c29-24(26-22-9-3-1-2-4-10-22)28(18-19-13-15-25-16-14-19)27-32(30,31)23-12-11-20-7-5-6-8-21(20)17-23/h5-8,11-12,17,19,22,25,27H,1-4,9-10,13-16,18H2,(H,26,29). The van der Waals surface area contributed by atoms with Crippen LogP contribution in [0, 0.1) is 5.92 Å². The van der Waals surface area contributed by atoms with Gasteiger partial charge in [-0.1, -0.05) is 56.0 Å². The molecular weight excluding hydrogens is 424 g/mol. The van der Waals surface area contributed by atoms with Crippen LogP contribution in [0.4, 0.5) is 4.79 Å². The van der Waals surface area contributed by atoms with Crippen LogP contribution in [0.15, 0.2) is 47.4 Å². The molecule has 0 atom stereocenters. The molecule has 174 valence electrons. The number of carbonyl (C=O) groups is 1. The number of benzene rings is 2. The highest BCUT2D eigenvalue weighted by Crippen LogP contribution is 2.21. The summed E-state index contributed by atoms with van der Waals surface area (Å²) in [7, 11) is -3.90. The van der Waals surface area contributed by atoms with Crippen molar-refractivity contribution < 1.29 is 13.2 Å². The molecule has 2 aromatic rings. The van der Waals surface area contributed by atoms with Gasteiger partial charge in [-0.2, -0.15) is 0 Å². The lowest BCUT2D eigenvalue weighted by Gasteiger charge is -2.31. The van der Waals surface area contributed by atoms with Crippen LogP contribution in [-0.2, 0) is 10.0 Å². The summed E-state index contributed by atoms with van der Waals surface area (Å²) in [6, 6.07) is 12.4. The number of piperidine rings is 1. The Morgan fingerprint density at radius 1 is 0.938 bits per heavy atom. The zero-order valence-electron chi connectivity index (χ0n) is 18.6. The number of hydrogen-bond acceptors (Lipinski definition) is 4. The third-order valence-electron chi connectivity index (χ3n) is 6.59. The summed E-state index contributed by atoms with van der Waals surface area (Å²) >= 11 is 0. The summed E-state index contributed by atoms with van der Waals surface area (Å²) in [6.45, 7) is 2.15. The molecule has 4 rings (SSSR count). The van der Waals surface area contributed by atoms with Crippen LogP contribution in [0.3, 0.4) is 0 Å². The highest BCUT2D eigenvalue weighted by molar-refractivity contribution is 7.89. The fraction of sp³-hybridized carbons (Fsp3) is 0.542. The van der Waals surface area contributed by atoms with E-state index in [2.05, 4.69) is 15.5 Å². The Labute approximate surface area is 191 Å². The minimum absolute atomic E-state index is 0.102. The van der Waals surface area contributed by atoms with Crippen LogP contribution in [0.2, 0.25) is 0 Å². The fourth-order valence-electron chi connectivity index (χ4n) is 4.69. The fourth-order valence-corrected chi connectivity index (χ4v) is 5.78. The molecule has 0 radical (unpaired) electrons. The van der Waals surface area contributed by atoms with Crippen LogP contribution in [0.25, 0.3) is 10.8 Å². The van der Waals surface area contributed by atoms with Crippen molar-refractivity contribution in [2.75, 3.05) is 19.6 Å². The molecule has 7 nitrogen and oxygen atoms in total. The molecule has 0 bridgehead atoms. The summed E-state index contributed by atoms with van der Waals surface area (Å²) in [5.41, 5.74) is 0. The average molecular weight is 459 g/mol. The Hall–Kier alpha value is -2.16. The van der Waals surface area contributed by atoms with Crippen molar-refractivity contribution in [3.05, 3.63) is 42.5 Å². The number of hydrazine groups is 1. The van der Waals surface area contributed by atoms with Gasteiger partial charge in [-0.25, -0.2) is 18.2 Å². The van der Waals surface area contributed by atoms with E-state index in [0.29, 0.717) is 6.54 Å².